The molecule has 0 saturated carbocycles. The summed E-state index contributed by atoms with van der Waals surface area (Å²) in [5.74, 6) is -1.27. The van der Waals surface area contributed by atoms with Gasteiger partial charge in [0.1, 0.15) is 0 Å². The summed E-state index contributed by atoms with van der Waals surface area (Å²) in [5.41, 5.74) is 0. The van der Waals surface area contributed by atoms with Crippen molar-refractivity contribution >= 4 is 31.4 Å². The fraction of sp³-hybridized carbons (Fsp3) is 0.333. The van der Waals surface area contributed by atoms with Gasteiger partial charge in [-0.05, 0) is 0 Å². The summed E-state index contributed by atoms with van der Waals surface area (Å²) in [4.78, 5) is 9.98. The molecule has 13 heavy (non-hydrogen) atoms. The summed E-state index contributed by atoms with van der Waals surface area (Å²) < 4.78 is 50.5. The second-order valence-corrected chi connectivity index (χ2v) is 4.19. The summed E-state index contributed by atoms with van der Waals surface area (Å²) in [5, 5.41) is 0. The fourth-order valence-electron chi connectivity index (χ4n) is 0.622. The number of amides is 1. The molecule has 0 radical (unpaired) electrons. The van der Waals surface area contributed by atoms with Gasteiger partial charge in [0.2, 0.25) is 10.3 Å². The number of nitrogens with zero attached hydrogens (tertiary/aromatic N) is 1. The average Bonchev–Trinajstić information content (AvgIpc) is 1.80. The van der Waals surface area contributed by atoms with E-state index in [2.05, 4.69) is 0 Å². The summed E-state index contributed by atoms with van der Waals surface area (Å²) in [6.45, 7) is -0.652. The second kappa shape index (κ2) is 4.07. The summed E-state index contributed by atoms with van der Waals surface area (Å²) in [7, 11) is -7.58. The third kappa shape index (κ3) is 2.51. The van der Waals surface area contributed by atoms with Crippen molar-refractivity contribution in [2.45, 2.75) is 0 Å². The molecule has 7 nitrogen and oxygen atoms in total. The van der Waals surface area contributed by atoms with E-state index in [9.17, 15) is 26.2 Å². The number of hydrogen-bond acceptors (Lipinski definition) is 6. The quantitative estimate of drug-likeness (QED) is 0.194. The van der Waals surface area contributed by atoms with Gasteiger partial charge in [-0.25, -0.2) is 12.7 Å². The minimum Gasteiger partial charge on any atom is -0.731 e. The molecule has 0 aliphatic carbocycles. The molecule has 1 rings (SSSR count). The van der Waals surface area contributed by atoms with Crippen LogP contribution in [0.15, 0.2) is 0 Å². The number of carbonyl (C=O) groups excluding carboxylic acids is 1. The molecule has 0 unspecified atom stereocenters. The van der Waals surface area contributed by atoms with Gasteiger partial charge in [-0.3, -0.25) is 4.79 Å². The number of carbonyl (C=O) groups is 1. The first-order valence-corrected chi connectivity index (χ1v) is 5.01. The Morgan fingerprint density at radius 1 is 1.38 bits per heavy atom. The van der Waals surface area contributed by atoms with Gasteiger partial charge in [0.05, 0.1) is 6.54 Å². The largest absolute Gasteiger partial charge is 1.00 e. The molecule has 0 N–H and O–H groups in total. The molecule has 0 bridgehead atoms. The van der Waals surface area contributed by atoms with Crippen LogP contribution >= 0.6 is 0 Å². The minimum atomic E-state index is -4.84. The van der Waals surface area contributed by atoms with Gasteiger partial charge in [0.15, 0.2) is 15.2 Å². The van der Waals surface area contributed by atoms with E-state index in [4.69, 9.17) is 0 Å². The first-order valence-electron chi connectivity index (χ1n) is 2.57. The first kappa shape index (κ1) is 13.1. The normalized spacial score (nSPS) is 16.2. The van der Waals surface area contributed by atoms with Gasteiger partial charge in [0.25, 0.3) is 5.91 Å². The molecule has 1 fully saturated rings. The molecule has 0 spiro atoms. The van der Waals surface area contributed by atoms with Gasteiger partial charge in [-0.15, -0.1) is 0 Å². The topological polar surface area (TPSA) is 112 Å². The zero-order valence-electron chi connectivity index (χ0n) is 6.42. The average molecular weight is 235 g/mol. The van der Waals surface area contributed by atoms with Gasteiger partial charge in [-0.2, -0.15) is 8.42 Å². The molecule has 0 aromatic rings. The van der Waals surface area contributed by atoms with Crippen LogP contribution in [0.3, 0.4) is 0 Å². The standard InChI is InChI=1S/C3H3NO6S2.Na/c5-3-2(11(6)7)1-4(3)12(8,9)10;/h1H2,(H,8,9,10);/q;+1/p-1. The Labute approximate surface area is 97.4 Å². The Bertz CT molecular complexity index is 452. The summed E-state index contributed by atoms with van der Waals surface area (Å²) in [6, 6.07) is 0. The number of hydrogen-bond donors (Lipinski definition) is 0. The molecule has 0 aromatic carbocycles. The summed E-state index contributed by atoms with van der Waals surface area (Å²) >= 11 is 0. The third-order valence-corrected chi connectivity index (χ3v) is 2.76. The second-order valence-electron chi connectivity index (χ2n) is 1.93. The molecule has 1 aliphatic rings. The fourth-order valence-corrected chi connectivity index (χ4v) is 1.85. The van der Waals surface area contributed by atoms with Crippen LogP contribution in [0.5, 0.6) is 0 Å². The van der Waals surface area contributed by atoms with Crippen LogP contribution in [0.25, 0.3) is 0 Å². The van der Waals surface area contributed by atoms with Crippen molar-refractivity contribution in [3.63, 3.8) is 0 Å². The maximum atomic E-state index is 10.6. The SMILES string of the molecule is O=C1C(=S(=O)=O)CN1S(=O)(=O)[O-].[Na+]. The van der Waals surface area contributed by atoms with Gasteiger partial charge < -0.3 is 4.55 Å². The number of β-lactam (4-membered cyclic amide) rings is 1. The van der Waals surface area contributed by atoms with E-state index in [0.717, 1.165) is 0 Å². The van der Waals surface area contributed by atoms with Gasteiger partial charge in [0, 0.05) is 0 Å². The monoisotopic (exact) mass is 235 g/mol. The van der Waals surface area contributed by atoms with E-state index in [-0.39, 0.29) is 33.9 Å². The van der Waals surface area contributed by atoms with Crippen molar-refractivity contribution in [3.05, 3.63) is 0 Å². The maximum Gasteiger partial charge on any atom is 1.00 e. The van der Waals surface area contributed by atoms with E-state index in [1.807, 2.05) is 0 Å². The smallest absolute Gasteiger partial charge is 0.731 e. The van der Waals surface area contributed by atoms with E-state index in [1.54, 1.807) is 0 Å². The van der Waals surface area contributed by atoms with Gasteiger partial charge in [-0.1, -0.05) is 0 Å². The van der Waals surface area contributed by atoms with Crippen LogP contribution in [0.4, 0.5) is 0 Å². The molecule has 1 aliphatic heterocycles. The Kier molecular flexibility index (Phi) is 4.09. The zero-order chi connectivity index (χ0) is 9.52. The predicted octanol–water partition coefficient (Wildman–Crippen LogP) is -5.66. The molecule has 0 atom stereocenters. The molecule has 1 amide bonds. The number of rotatable bonds is 1. The van der Waals surface area contributed by atoms with Crippen molar-refractivity contribution in [2.24, 2.45) is 0 Å². The van der Waals surface area contributed by atoms with Crippen molar-refractivity contribution < 1.29 is 55.7 Å². The third-order valence-electron chi connectivity index (χ3n) is 1.22. The Morgan fingerprint density at radius 3 is 2.08 bits per heavy atom. The van der Waals surface area contributed by atoms with E-state index >= 15 is 0 Å². The van der Waals surface area contributed by atoms with Crippen molar-refractivity contribution in [1.29, 1.82) is 0 Å². The first-order chi connectivity index (χ1) is 5.34. The molecular formula is C3H2NNaO6S2. The van der Waals surface area contributed by atoms with E-state index in [0.29, 0.717) is 0 Å². The Balaban J connectivity index is 0.00000144. The Hall–Kier alpha value is 0.0700. The van der Waals surface area contributed by atoms with Crippen molar-refractivity contribution in [3.8, 4) is 0 Å². The molecule has 1 heterocycles. The van der Waals surface area contributed by atoms with Crippen LogP contribution in [0, 0.1) is 0 Å². The zero-order valence-corrected chi connectivity index (χ0v) is 10.1. The van der Waals surface area contributed by atoms with Crippen LogP contribution in [-0.4, -0.2) is 43.0 Å². The summed E-state index contributed by atoms with van der Waals surface area (Å²) in [6.07, 6.45) is 0. The van der Waals surface area contributed by atoms with Crippen LogP contribution in [0.1, 0.15) is 0 Å². The molecular weight excluding hydrogens is 233 g/mol. The van der Waals surface area contributed by atoms with E-state index in [1.165, 1.54) is 0 Å². The molecule has 10 heteroatoms. The van der Waals surface area contributed by atoms with E-state index < -0.39 is 37.9 Å². The minimum absolute atomic E-state index is 0. The molecule has 68 valence electrons. The molecule has 1 saturated heterocycles. The van der Waals surface area contributed by atoms with Crippen LogP contribution in [0.2, 0.25) is 0 Å². The molecule has 0 aromatic heterocycles. The van der Waals surface area contributed by atoms with Crippen LogP contribution in [-0.2, 0) is 25.4 Å². The Morgan fingerprint density at radius 2 is 1.85 bits per heavy atom. The van der Waals surface area contributed by atoms with Gasteiger partial charge >= 0.3 is 29.6 Å². The maximum absolute atomic E-state index is 10.6. The predicted molar refractivity (Wildman–Crippen MR) is 35.3 cm³/mol. The van der Waals surface area contributed by atoms with Crippen molar-refractivity contribution in [1.82, 2.24) is 4.31 Å². The van der Waals surface area contributed by atoms with Crippen molar-refractivity contribution in [2.75, 3.05) is 6.54 Å². The van der Waals surface area contributed by atoms with Crippen LogP contribution < -0.4 is 29.6 Å².